The first-order valence-electron chi connectivity index (χ1n) is 6.72. The summed E-state index contributed by atoms with van der Waals surface area (Å²) in [6.45, 7) is 0.854. The van der Waals surface area contributed by atoms with Crippen LogP contribution in [0.5, 0.6) is 0 Å². The van der Waals surface area contributed by atoms with Gasteiger partial charge >= 0.3 is 0 Å². The molecule has 2 nitrogen and oxygen atoms in total. The third-order valence-corrected chi connectivity index (χ3v) is 4.73. The molecule has 0 aromatic heterocycles. The first-order valence-corrected chi connectivity index (χ1v) is 7.53. The SMILES string of the molecule is O=C1CC=C(Sc2ccccc2)[C@H]2CC=CCCN12. The summed E-state index contributed by atoms with van der Waals surface area (Å²) in [7, 11) is 0. The lowest BCUT2D eigenvalue weighted by atomic mass is 10.1. The van der Waals surface area contributed by atoms with Crippen molar-refractivity contribution in [3.05, 3.63) is 53.5 Å². The maximum atomic E-state index is 12.0. The van der Waals surface area contributed by atoms with E-state index in [0.717, 1.165) is 19.4 Å². The van der Waals surface area contributed by atoms with Crippen LogP contribution >= 0.6 is 11.8 Å². The van der Waals surface area contributed by atoms with Crippen molar-refractivity contribution in [1.29, 1.82) is 0 Å². The second-order valence-electron chi connectivity index (χ2n) is 4.82. The molecule has 0 fully saturated rings. The van der Waals surface area contributed by atoms with E-state index in [9.17, 15) is 4.79 Å². The monoisotopic (exact) mass is 271 g/mol. The maximum absolute atomic E-state index is 12.0. The van der Waals surface area contributed by atoms with Crippen LogP contribution in [0.3, 0.4) is 0 Å². The van der Waals surface area contributed by atoms with Crippen LogP contribution in [0, 0.1) is 0 Å². The topological polar surface area (TPSA) is 20.3 Å². The summed E-state index contributed by atoms with van der Waals surface area (Å²) in [4.78, 5) is 16.6. The van der Waals surface area contributed by atoms with E-state index in [1.54, 1.807) is 11.8 Å². The van der Waals surface area contributed by atoms with E-state index in [0.29, 0.717) is 6.42 Å². The van der Waals surface area contributed by atoms with Crippen LogP contribution in [0.1, 0.15) is 19.3 Å². The van der Waals surface area contributed by atoms with Crippen LogP contribution in [0.2, 0.25) is 0 Å². The minimum Gasteiger partial charge on any atom is -0.334 e. The van der Waals surface area contributed by atoms with Crippen LogP contribution in [0.15, 0.2) is 58.4 Å². The molecule has 0 bridgehead atoms. The Morgan fingerprint density at radius 2 is 2.00 bits per heavy atom. The Labute approximate surface area is 118 Å². The standard InChI is InChI=1S/C16H17NOS/c18-16-11-10-15(19-13-7-3-1-4-8-13)14-9-5-2-6-12-17(14)16/h1-5,7-8,10,14H,6,9,11-12H2/t14-/m1/s1. The van der Waals surface area contributed by atoms with Gasteiger partial charge in [-0.1, -0.05) is 48.2 Å². The highest BCUT2D eigenvalue weighted by Gasteiger charge is 2.30. The molecular formula is C16H17NOS. The van der Waals surface area contributed by atoms with Gasteiger partial charge in [0.05, 0.1) is 6.04 Å². The molecule has 0 aliphatic carbocycles. The molecule has 0 spiro atoms. The summed E-state index contributed by atoms with van der Waals surface area (Å²) in [5.74, 6) is 0.270. The molecule has 98 valence electrons. The van der Waals surface area contributed by atoms with E-state index in [1.807, 2.05) is 11.0 Å². The highest BCUT2D eigenvalue weighted by molar-refractivity contribution is 8.03. The Morgan fingerprint density at radius 3 is 2.84 bits per heavy atom. The Morgan fingerprint density at radius 1 is 1.16 bits per heavy atom. The summed E-state index contributed by atoms with van der Waals surface area (Å²) in [6.07, 6.45) is 8.98. The van der Waals surface area contributed by atoms with Gasteiger partial charge in [0.2, 0.25) is 5.91 Å². The molecule has 2 heterocycles. The molecule has 3 rings (SSSR count). The zero-order valence-electron chi connectivity index (χ0n) is 10.8. The Kier molecular flexibility index (Phi) is 3.74. The van der Waals surface area contributed by atoms with Gasteiger partial charge in [-0.2, -0.15) is 0 Å². The molecule has 0 saturated carbocycles. The largest absolute Gasteiger partial charge is 0.334 e. The van der Waals surface area contributed by atoms with Crippen molar-refractivity contribution < 1.29 is 4.79 Å². The second-order valence-corrected chi connectivity index (χ2v) is 5.97. The Hall–Kier alpha value is -1.48. The first kappa shape index (κ1) is 12.5. The summed E-state index contributed by atoms with van der Waals surface area (Å²) >= 11 is 1.79. The van der Waals surface area contributed by atoms with Gasteiger partial charge < -0.3 is 4.90 Å². The predicted molar refractivity (Wildman–Crippen MR) is 78.9 cm³/mol. The lowest BCUT2D eigenvalue weighted by Crippen LogP contribution is -2.42. The summed E-state index contributed by atoms with van der Waals surface area (Å²) in [6, 6.07) is 10.6. The van der Waals surface area contributed by atoms with Crippen LogP contribution in [0.25, 0.3) is 0 Å². The quantitative estimate of drug-likeness (QED) is 0.766. The number of hydrogen-bond acceptors (Lipinski definition) is 2. The predicted octanol–water partition coefficient (Wildman–Crippen LogP) is 3.61. The van der Waals surface area contributed by atoms with Gasteiger partial charge in [-0.25, -0.2) is 0 Å². The van der Waals surface area contributed by atoms with Crippen LogP contribution in [-0.4, -0.2) is 23.4 Å². The van der Waals surface area contributed by atoms with Crippen molar-refractivity contribution in [2.75, 3.05) is 6.54 Å². The number of thioether (sulfide) groups is 1. The van der Waals surface area contributed by atoms with Crippen LogP contribution in [0.4, 0.5) is 0 Å². The molecule has 2 aliphatic heterocycles. The van der Waals surface area contributed by atoms with Gasteiger partial charge in [0.1, 0.15) is 0 Å². The number of hydrogen-bond donors (Lipinski definition) is 0. The number of fused-ring (bicyclic) bond motifs is 1. The van der Waals surface area contributed by atoms with Crippen molar-refractivity contribution in [2.24, 2.45) is 0 Å². The zero-order chi connectivity index (χ0) is 13.1. The first-order chi connectivity index (χ1) is 9.34. The molecule has 0 N–H and O–H groups in total. The minimum atomic E-state index is 0.241. The fourth-order valence-corrected chi connectivity index (χ4v) is 3.67. The fraction of sp³-hybridized carbons (Fsp3) is 0.312. The normalized spacial score (nSPS) is 22.7. The van der Waals surface area contributed by atoms with Crippen molar-refractivity contribution >= 4 is 17.7 Å². The molecule has 2 aliphatic rings. The summed E-state index contributed by atoms with van der Waals surface area (Å²) in [5, 5.41) is 0. The maximum Gasteiger partial charge on any atom is 0.226 e. The third-order valence-electron chi connectivity index (χ3n) is 3.54. The zero-order valence-corrected chi connectivity index (χ0v) is 11.6. The minimum absolute atomic E-state index is 0.241. The van der Waals surface area contributed by atoms with Gasteiger partial charge in [-0.05, 0) is 25.0 Å². The fourth-order valence-electron chi connectivity index (χ4n) is 2.58. The van der Waals surface area contributed by atoms with Gasteiger partial charge in [-0.15, -0.1) is 0 Å². The second kappa shape index (κ2) is 5.66. The van der Waals surface area contributed by atoms with E-state index >= 15 is 0 Å². The number of rotatable bonds is 2. The highest BCUT2D eigenvalue weighted by atomic mass is 32.2. The molecule has 0 radical (unpaired) electrons. The third kappa shape index (κ3) is 2.76. The number of carbonyl (C=O) groups excluding carboxylic acids is 1. The van der Waals surface area contributed by atoms with Crippen molar-refractivity contribution in [3.8, 4) is 0 Å². The Balaban J connectivity index is 1.83. The van der Waals surface area contributed by atoms with Gasteiger partial charge in [0, 0.05) is 22.8 Å². The van der Waals surface area contributed by atoms with Crippen LogP contribution < -0.4 is 0 Å². The molecule has 1 aromatic carbocycles. The molecule has 19 heavy (non-hydrogen) atoms. The summed E-state index contributed by atoms with van der Waals surface area (Å²) < 4.78 is 0. The molecule has 3 heteroatoms. The highest BCUT2D eigenvalue weighted by Crippen LogP contribution is 2.36. The average Bonchev–Trinajstić information content (AvgIpc) is 2.70. The van der Waals surface area contributed by atoms with Gasteiger partial charge in [-0.3, -0.25) is 4.79 Å². The van der Waals surface area contributed by atoms with Crippen molar-refractivity contribution in [2.45, 2.75) is 30.2 Å². The molecule has 1 amide bonds. The van der Waals surface area contributed by atoms with E-state index in [2.05, 4.69) is 42.5 Å². The molecule has 1 atom stereocenters. The van der Waals surface area contributed by atoms with Gasteiger partial charge in [0.25, 0.3) is 0 Å². The lowest BCUT2D eigenvalue weighted by Gasteiger charge is -2.34. The molecule has 0 unspecified atom stereocenters. The van der Waals surface area contributed by atoms with Crippen molar-refractivity contribution in [3.63, 3.8) is 0 Å². The molecular weight excluding hydrogens is 254 g/mol. The van der Waals surface area contributed by atoms with E-state index in [-0.39, 0.29) is 11.9 Å². The number of nitrogens with zero attached hydrogens (tertiary/aromatic N) is 1. The summed E-state index contributed by atoms with van der Waals surface area (Å²) in [5.41, 5.74) is 0. The van der Waals surface area contributed by atoms with Crippen molar-refractivity contribution in [1.82, 2.24) is 4.90 Å². The Bertz CT molecular complexity index is 521. The van der Waals surface area contributed by atoms with E-state index in [4.69, 9.17) is 0 Å². The van der Waals surface area contributed by atoms with E-state index < -0.39 is 0 Å². The van der Waals surface area contributed by atoms with Crippen LogP contribution in [-0.2, 0) is 4.79 Å². The van der Waals surface area contributed by atoms with Gasteiger partial charge in [0.15, 0.2) is 0 Å². The van der Waals surface area contributed by atoms with E-state index in [1.165, 1.54) is 9.80 Å². The number of benzene rings is 1. The molecule has 0 saturated heterocycles. The molecule has 1 aromatic rings. The number of carbonyl (C=O) groups is 1. The lowest BCUT2D eigenvalue weighted by molar-refractivity contribution is -0.132. The average molecular weight is 271 g/mol. The number of amides is 1. The smallest absolute Gasteiger partial charge is 0.226 e.